The summed E-state index contributed by atoms with van der Waals surface area (Å²) in [7, 11) is 0. The van der Waals surface area contributed by atoms with Gasteiger partial charge >= 0.3 is 0 Å². The van der Waals surface area contributed by atoms with Crippen LogP contribution in [-0.4, -0.2) is 32.5 Å². The fraction of sp³-hybridized carbons (Fsp3) is 0.333. The van der Waals surface area contributed by atoms with E-state index in [0.717, 1.165) is 43.8 Å². The van der Waals surface area contributed by atoms with Crippen molar-refractivity contribution in [3.63, 3.8) is 0 Å². The number of nitrogens with zero attached hydrogens (tertiary/aromatic N) is 4. The average Bonchev–Trinajstić information content (AvgIpc) is 3.14. The van der Waals surface area contributed by atoms with Crippen LogP contribution in [0.3, 0.4) is 0 Å². The summed E-state index contributed by atoms with van der Waals surface area (Å²) < 4.78 is 2.33. The minimum atomic E-state index is 0.681. The molecule has 1 fully saturated rings. The zero-order valence-corrected chi connectivity index (χ0v) is 18.2. The lowest BCUT2D eigenvalue weighted by Gasteiger charge is -2.32. The summed E-state index contributed by atoms with van der Waals surface area (Å²) in [5, 5.41) is 0. The molecule has 2 aromatic heterocycles. The highest BCUT2D eigenvalue weighted by Gasteiger charge is 2.22. The highest BCUT2D eigenvalue weighted by atomic mass is 15.1. The predicted molar refractivity (Wildman–Crippen MR) is 126 cm³/mol. The molecule has 0 spiro atoms. The Morgan fingerprint density at radius 3 is 2.35 bits per heavy atom. The first kappa shape index (κ1) is 20.0. The van der Waals surface area contributed by atoms with E-state index >= 15 is 0 Å². The molecule has 3 heterocycles. The molecule has 0 unspecified atom stereocenters. The van der Waals surface area contributed by atoms with Gasteiger partial charge in [-0.1, -0.05) is 60.2 Å². The molecule has 0 radical (unpaired) electrons. The maximum atomic E-state index is 4.99. The molecule has 0 amide bonds. The zero-order valence-electron chi connectivity index (χ0n) is 18.2. The van der Waals surface area contributed by atoms with Crippen LogP contribution in [0.1, 0.15) is 35.4 Å². The second-order valence-electron chi connectivity index (χ2n) is 8.86. The van der Waals surface area contributed by atoms with Crippen molar-refractivity contribution in [2.24, 2.45) is 5.92 Å². The second-order valence-corrected chi connectivity index (χ2v) is 8.86. The molecule has 4 heteroatoms. The van der Waals surface area contributed by atoms with Crippen molar-refractivity contribution in [2.75, 3.05) is 13.1 Å². The molecular formula is C27H30N4. The molecule has 31 heavy (non-hydrogen) atoms. The summed E-state index contributed by atoms with van der Waals surface area (Å²) in [5.74, 6) is 1.86. The Morgan fingerprint density at radius 1 is 0.839 bits per heavy atom. The number of benzene rings is 2. The van der Waals surface area contributed by atoms with Crippen molar-refractivity contribution in [2.45, 2.75) is 39.3 Å². The van der Waals surface area contributed by atoms with Gasteiger partial charge in [-0.05, 0) is 62.0 Å². The van der Waals surface area contributed by atoms with Gasteiger partial charge in [-0.15, -0.1) is 0 Å². The second kappa shape index (κ2) is 9.03. The maximum Gasteiger partial charge on any atom is 0.160 e. The summed E-state index contributed by atoms with van der Waals surface area (Å²) in [6.07, 6.45) is 5.37. The van der Waals surface area contributed by atoms with Crippen molar-refractivity contribution >= 4 is 11.2 Å². The minimum absolute atomic E-state index is 0.681. The van der Waals surface area contributed by atoms with Gasteiger partial charge in [0.05, 0.1) is 6.54 Å². The Labute approximate surface area is 184 Å². The Morgan fingerprint density at radius 2 is 1.58 bits per heavy atom. The highest BCUT2D eigenvalue weighted by molar-refractivity contribution is 5.71. The van der Waals surface area contributed by atoms with Crippen LogP contribution < -0.4 is 0 Å². The quantitative estimate of drug-likeness (QED) is 0.436. The molecule has 4 aromatic rings. The predicted octanol–water partition coefficient (Wildman–Crippen LogP) is 5.24. The monoisotopic (exact) mass is 410 g/mol. The van der Waals surface area contributed by atoms with Gasteiger partial charge in [-0.2, -0.15) is 0 Å². The van der Waals surface area contributed by atoms with Gasteiger partial charge in [0.2, 0.25) is 0 Å². The molecule has 1 saturated heterocycles. The number of likely N-dealkylation sites (tertiary alicyclic amines) is 1. The lowest BCUT2D eigenvalue weighted by atomic mass is 9.93. The number of pyridine rings is 1. The summed E-state index contributed by atoms with van der Waals surface area (Å²) >= 11 is 0. The van der Waals surface area contributed by atoms with Crippen LogP contribution in [0.15, 0.2) is 72.9 Å². The maximum absolute atomic E-state index is 4.99. The molecule has 1 aliphatic heterocycles. The van der Waals surface area contributed by atoms with Gasteiger partial charge in [-0.25, -0.2) is 9.97 Å². The fourth-order valence-corrected chi connectivity index (χ4v) is 4.65. The SMILES string of the molecule is Cc1ccc(Cn2c(CC3CCN(Cc4ccccc4)CC3)nc3cccnc32)cc1. The molecule has 0 bridgehead atoms. The van der Waals surface area contributed by atoms with E-state index in [2.05, 4.69) is 82.0 Å². The van der Waals surface area contributed by atoms with E-state index in [1.165, 1.54) is 35.4 Å². The number of hydrogen-bond donors (Lipinski definition) is 0. The van der Waals surface area contributed by atoms with Crippen LogP contribution in [0.4, 0.5) is 0 Å². The average molecular weight is 411 g/mol. The topological polar surface area (TPSA) is 34.0 Å². The standard InChI is InChI=1S/C27H30N4/c1-21-9-11-24(12-10-21)20-31-26(29-25-8-5-15-28-27(25)31)18-22-13-16-30(17-14-22)19-23-6-3-2-4-7-23/h2-12,15,22H,13-14,16-20H2,1H3. The van der Waals surface area contributed by atoms with E-state index in [1.807, 2.05) is 12.3 Å². The third-order valence-electron chi connectivity index (χ3n) is 6.47. The van der Waals surface area contributed by atoms with E-state index in [-0.39, 0.29) is 0 Å². The van der Waals surface area contributed by atoms with E-state index in [4.69, 9.17) is 4.98 Å². The van der Waals surface area contributed by atoms with Gasteiger partial charge < -0.3 is 4.57 Å². The zero-order chi connectivity index (χ0) is 21.0. The minimum Gasteiger partial charge on any atom is -0.308 e. The molecule has 1 aliphatic rings. The Balaban J connectivity index is 1.29. The molecule has 158 valence electrons. The Hall–Kier alpha value is -2.98. The number of aryl methyl sites for hydroxylation is 1. The number of fused-ring (bicyclic) bond motifs is 1. The van der Waals surface area contributed by atoms with E-state index in [9.17, 15) is 0 Å². The number of piperidine rings is 1. The lowest BCUT2D eigenvalue weighted by Crippen LogP contribution is -2.34. The van der Waals surface area contributed by atoms with Crippen LogP contribution in [-0.2, 0) is 19.5 Å². The largest absolute Gasteiger partial charge is 0.308 e. The summed E-state index contributed by atoms with van der Waals surface area (Å²) in [5.41, 5.74) is 6.01. The van der Waals surface area contributed by atoms with Gasteiger partial charge in [0.25, 0.3) is 0 Å². The normalized spacial score (nSPS) is 15.5. The Bertz CT molecular complexity index is 1120. The summed E-state index contributed by atoms with van der Waals surface area (Å²) in [4.78, 5) is 12.2. The van der Waals surface area contributed by atoms with Crippen molar-refractivity contribution in [1.82, 2.24) is 19.4 Å². The number of imidazole rings is 1. The molecule has 0 saturated carbocycles. The first-order valence-corrected chi connectivity index (χ1v) is 11.4. The van der Waals surface area contributed by atoms with Gasteiger partial charge in [0, 0.05) is 19.2 Å². The number of rotatable bonds is 6. The molecule has 5 rings (SSSR count). The van der Waals surface area contributed by atoms with Crippen molar-refractivity contribution in [3.05, 3.63) is 95.4 Å². The van der Waals surface area contributed by atoms with Crippen LogP contribution in [0.5, 0.6) is 0 Å². The van der Waals surface area contributed by atoms with Crippen LogP contribution in [0.2, 0.25) is 0 Å². The summed E-state index contributed by atoms with van der Waals surface area (Å²) in [6.45, 7) is 6.35. The third kappa shape index (κ3) is 4.70. The van der Waals surface area contributed by atoms with Gasteiger partial charge in [0.1, 0.15) is 11.3 Å². The molecule has 4 nitrogen and oxygen atoms in total. The third-order valence-corrected chi connectivity index (χ3v) is 6.47. The molecule has 0 N–H and O–H groups in total. The van der Waals surface area contributed by atoms with E-state index in [1.54, 1.807) is 0 Å². The van der Waals surface area contributed by atoms with Crippen LogP contribution in [0, 0.1) is 12.8 Å². The lowest BCUT2D eigenvalue weighted by molar-refractivity contribution is 0.175. The molecule has 0 aliphatic carbocycles. The van der Waals surface area contributed by atoms with E-state index in [0.29, 0.717) is 5.92 Å². The van der Waals surface area contributed by atoms with Crippen LogP contribution in [0.25, 0.3) is 11.2 Å². The molecule has 2 aromatic carbocycles. The van der Waals surface area contributed by atoms with Crippen molar-refractivity contribution in [3.8, 4) is 0 Å². The molecule has 0 atom stereocenters. The van der Waals surface area contributed by atoms with Crippen molar-refractivity contribution in [1.29, 1.82) is 0 Å². The first-order chi connectivity index (χ1) is 15.2. The molecular weight excluding hydrogens is 380 g/mol. The summed E-state index contributed by atoms with van der Waals surface area (Å²) in [6, 6.07) is 23.7. The van der Waals surface area contributed by atoms with Gasteiger partial charge in [-0.3, -0.25) is 4.90 Å². The smallest absolute Gasteiger partial charge is 0.160 e. The van der Waals surface area contributed by atoms with Gasteiger partial charge in [0.15, 0.2) is 5.65 Å². The fourth-order valence-electron chi connectivity index (χ4n) is 4.65. The number of aromatic nitrogens is 3. The first-order valence-electron chi connectivity index (χ1n) is 11.4. The number of hydrogen-bond acceptors (Lipinski definition) is 3. The van der Waals surface area contributed by atoms with E-state index < -0.39 is 0 Å². The van der Waals surface area contributed by atoms with Crippen molar-refractivity contribution < 1.29 is 0 Å². The van der Waals surface area contributed by atoms with Crippen LogP contribution >= 0.6 is 0 Å². The highest BCUT2D eigenvalue weighted by Crippen LogP contribution is 2.25. The Kier molecular flexibility index (Phi) is 5.81.